The molecule has 2 aromatic carbocycles. The fourth-order valence-electron chi connectivity index (χ4n) is 2.66. The number of rotatable bonds is 4. The monoisotopic (exact) mass is 308 g/mol. The SMILES string of the molecule is CN=C/C=C\Nc1cc2sc3ccccc3c2cc1C(C)C. The van der Waals surface area contributed by atoms with Gasteiger partial charge >= 0.3 is 0 Å². The minimum Gasteiger partial charge on any atom is -0.361 e. The Morgan fingerprint density at radius 1 is 1.09 bits per heavy atom. The molecule has 3 rings (SSSR count). The van der Waals surface area contributed by atoms with Gasteiger partial charge in [0, 0.05) is 45.3 Å². The van der Waals surface area contributed by atoms with Gasteiger partial charge in [-0.2, -0.15) is 0 Å². The first kappa shape index (κ1) is 14.8. The van der Waals surface area contributed by atoms with Crippen LogP contribution in [0.15, 0.2) is 53.7 Å². The van der Waals surface area contributed by atoms with Crippen LogP contribution < -0.4 is 5.32 Å². The quantitative estimate of drug-likeness (QED) is 0.605. The number of hydrogen-bond donors (Lipinski definition) is 1. The molecule has 0 unspecified atom stereocenters. The molecular weight excluding hydrogens is 288 g/mol. The van der Waals surface area contributed by atoms with Crippen LogP contribution in [0.5, 0.6) is 0 Å². The second-order valence-electron chi connectivity index (χ2n) is 5.60. The Bertz CT molecular complexity index is 856. The van der Waals surface area contributed by atoms with Crippen molar-refractivity contribution in [1.82, 2.24) is 0 Å². The van der Waals surface area contributed by atoms with Crippen molar-refractivity contribution >= 4 is 43.4 Å². The zero-order valence-corrected chi connectivity index (χ0v) is 13.9. The molecular formula is C19H20N2S. The second kappa shape index (κ2) is 6.32. The van der Waals surface area contributed by atoms with Crippen molar-refractivity contribution in [3.05, 3.63) is 54.2 Å². The molecule has 1 N–H and O–H groups in total. The van der Waals surface area contributed by atoms with Gasteiger partial charge in [-0.05, 0) is 35.8 Å². The third-order valence-electron chi connectivity index (χ3n) is 3.74. The first-order valence-corrected chi connectivity index (χ1v) is 8.31. The third-order valence-corrected chi connectivity index (χ3v) is 4.87. The van der Waals surface area contributed by atoms with Gasteiger partial charge in [-0.1, -0.05) is 32.0 Å². The van der Waals surface area contributed by atoms with Crippen molar-refractivity contribution in [2.24, 2.45) is 4.99 Å². The summed E-state index contributed by atoms with van der Waals surface area (Å²) in [4.78, 5) is 3.95. The molecule has 0 radical (unpaired) electrons. The van der Waals surface area contributed by atoms with Crippen LogP contribution in [0, 0.1) is 0 Å². The van der Waals surface area contributed by atoms with Gasteiger partial charge < -0.3 is 5.32 Å². The molecule has 0 aliphatic rings. The standard InChI is InChI=1S/C19H20N2S/c1-13(2)15-11-16-14-7-4-5-8-18(14)22-19(16)12-17(15)21-10-6-9-20-3/h4-13,21H,1-3H3/b10-6-,20-9?. The molecule has 0 saturated carbocycles. The Morgan fingerprint density at radius 2 is 1.91 bits per heavy atom. The largest absolute Gasteiger partial charge is 0.361 e. The van der Waals surface area contributed by atoms with Crippen molar-refractivity contribution in [3.8, 4) is 0 Å². The Hall–Kier alpha value is -2.13. The lowest BCUT2D eigenvalue weighted by atomic mass is 9.98. The molecule has 22 heavy (non-hydrogen) atoms. The summed E-state index contributed by atoms with van der Waals surface area (Å²) in [5.41, 5.74) is 2.52. The van der Waals surface area contributed by atoms with Gasteiger partial charge in [0.25, 0.3) is 0 Å². The summed E-state index contributed by atoms with van der Waals surface area (Å²) >= 11 is 1.85. The van der Waals surface area contributed by atoms with E-state index in [1.165, 1.54) is 31.4 Å². The fraction of sp³-hybridized carbons (Fsp3) is 0.211. The predicted octanol–water partition coefficient (Wildman–Crippen LogP) is 5.80. The first-order chi connectivity index (χ1) is 10.7. The van der Waals surface area contributed by atoms with Crippen molar-refractivity contribution < 1.29 is 0 Å². The summed E-state index contributed by atoms with van der Waals surface area (Å²) in [5.74, 6) is 0.471. The highest BCUT2D eigenvalue weighted by Crippen LogP contribution is 2.38. The van der Waals surface area contributed by atoms with E-state index in [-0.39, 0.29) is 0 Å². The first-order valence-electron chi connectivity index (χ1n) is 7.49. The van der Waals surface area contributed by atoms with Crippen LogP contribution in [0.3, 0.4) is 0 Å². The molecule has 3 heteroatoms. The Kier molecular flexibility index (Phi) is 4.25. The van der Waals surface area contributed by atoms with E-state index in [4.69, 9.17) is 0 Å². The van der Waals surface area contributed by atoms with Crippen LogP contribution >= 0.6 is 11.3 Å². The maximum Gasteiger partial charge on any atom is 0.0429 e. The molecule has 0 aliphatic carbocycles. The Morgan fingerprint density at radius 3 is 2.68 bits per heavy atom. The van der Waals surface area contributed by atoms with Gasteiger partial charge in [-0.25, -0.2) is 0 Å². The van der Waals surface area contributed by atoms with Crippen molar-refractivity contribution in [2.45, 2.75) is 19.8 Å². The van der Waals surface area contributed by atoms with E-state index >= 15 is 0 Å². The number of hydrogen-bond acceptors (Lipinski definition) is 3. The Balaban J connectivity index is 2.14. The normalized spacial score (nSPS) is 12.4. The van der Waals surface area contributed by atoms with Gasteiger partial charge in [0.05, 0.1) is 0 Å². The molecule has 3 aromatic rings. The minimum atomic E-state index is 0.471. The minimum absolute atomic E-state index is 0.471. The molecule has 1 heterocycles. The number of benzene rings is 2. The van der Waals surface area contributed by atoms with E-state index in [9.17, 15) is 0 Å². The van der Waals surface area contributed by atoms with E-state index in [1.54, 1.807) is 13.3 Å². The zero-order chi connectivity index (χ0) is 15.5. The fourth-order valence-corrected chi connectivity index (χ4v) is 3.78. The van der Waals surface area contributed by atoms with Gasteiger partial charge in [-0.3, -0.25) is 4.99 Å². The van der Waals surface area contributed by atoms with Crippen LogP contribution in [0.2, 0.25) is 0 Å². The Labute approximate surface area is 135 Å². The lowest BCUT2D eigenvalue weighted by molar-refractivity contribution is 0.871. The van der Waals surface area contributed by atoms with Crippen LogP contribution in [0.4, 0.5) is 5.69 Å². The van der Waals surface area contributed by atoms with Crippen molar-refractivity contribution in [2.75, 3.05) is 12.4 Å². The van der Waals surface area contributed by atoms with Gasteiger partial charge in [0.2, 0.25) is 0 Å². The molecule has 0 aliphatic heterocycles. The third kappa shape index (κ3) is 2.77. The number of fused-ring (bicyclic) bond motifs is 3. The van der Waals surface area contributed by atoms with Gasteiger partial charge in [0.1, 0.15) is 0 Å². The molecule has 0 saturated heterocycles. The number of aliphatic imine (C=N–C) groups is 1. The maximum absolute atomic E-state index is 3.95. The molecule has 0 spiro atoms. The molecule has 112 valence electrons. The molecule has 0 bridgehead atoms. The van der Waals surface area contributed by atoms with Crippen molar-refractivity contribution in [3.63, 3.8) is 0 Å². The highest BCUT2D eigenvalue weighted by molar-refractivity contribution is 7.25. The lowest BCUT2D eigenvalue weighted by Gasteiger charge is -2.13. The van der Waals surface area contributed by atoms with Crippen LogP contribution in [0.25, 0.3) is 20.2 Å². The smallest absolute Gasteiger partial charge is 0.0429 e. The van der Waals surface area contributed by atoms with E-state index in [0.29, 0.717) is 5.92 Å². The van der Waals surface area contributed by atoms with Crippen molar-refractivity contribution in [1.29, 1.82) is 0 Å². The summed E-state index contributed by atoms with van der Waals surface area (Å²) in [7, 11) is 1.77. The lowest BCUT2D eigenvalue weighted by Crippen LogP contribution is -1.96. The maximum atomic E-state index is 3.95. The van der Waals surface area contributed by atoms with E-state index in [1.807, 2.05) is 23.6 Å². The van der Waals surface area contributed by atoms with Crippen LogP contribution in [-0.4, -0.2) is 13.3 Å². The zero-order valence-electron chi connectivity index (χ0n) is 13.1. The average Bonchev–Trinajstić information content (AvgIpc) is 2.88. The van der Waals surface area contributed by atoms with E-state index < -0.39 is 0 Å². The molecule has 2 nitrogen and oxygen atoms in total. The van der Waals surface area contributed by atoms with Crippen LogP contribution in [-0.2, 0) is 0 Å². The number of thiophene rings is 1. The number of anilines is 1. The highest BCUT2D eigenvalue weighted by atomic mass is 32.1. The topological polar surface area (TPSA) is 24.4 Å². The number of nitrogens with zero attached hydrogens (tertiary/aromatic N) is 1. The summed E-state index contributed by atoms with van der Waals surface area (Å²) in [5, 5.41) is 6.11. The van der Waals surface area contributed by atoms with E-state index in [2.05, 4.69) is 60.6 Å². The molecule has 0 fully saturated rings. The van der Waals surface area contributed by atoms with E-state index in [0.717, 1.165) is 0 Å². The molecule has 0 atom stereocenters. The number of nitrogens with one attached hydrogen (secondary N) is 1. The van der Waals surface area contributed by atoms with Gasteiger partial charge in [-0.15, -0.1) is 11.3 Å². The molecule has 0 amide bonds. The summed E-state index contributed by atoms with van der Waals surface area (Å²) < 4.78 is 2.67. The molecule has 1 aromatic heterocycles. The summed E-state index contributed by atoms with van der Waals surface area (Å²) in [6.45, 7) is 4.47. The number of allylic oxidation sites excluding steroid dienone is 1. The predicted molar refractivity (Wildman–Crippen MR) is 101 cm³/mol. The van der Waals surface area contributed by atoms with Crippen LogP contribution in [0.1, 0.15) is 25.3 Å². The van der Waals surface area contributed by atoms with Gasteiger partial charge in [0.15, 0.2) is 0 Å². The average molecular weight is 308 g/mol. The summed E-state index contributed by atoms with van der Waals surface area (Å²) in [6.07, 6.45) is 5.63. The highest BCUT2D eigenvalue weighted by Gasteiger charge is 2.11. The second-order valence-corrected chi connectivity index (χ2v) is 6.68. The summed E-state index contributed by atoms with van der Waals surface area (Å²) in [6, 6.07) is 13.2.